The van der Waals surface area contributed by atoms with Crippen molar-refractivity contribution in [1.29, 1.82) is 0 Å². The van der Waals surface area contributed by atoms with Gasteiger partial charge in [0.15, 0.2) is 0 Å². The van der Waals surface area contributed by atoms with Gasteiger partial charge >= 0.3 is 0 Å². The number of hydrogen-bond acceptors (Lipinski definition) is 2. The van der Waals surface area contributed by atoms with Crippen LogP contribution in [0.15, 0.2) is 16.7 Å². The fourth-order valence-electron chi connectivity index (χ4n) is 2.06. The van der Waals surface area contributed by atoms with Gasteiger partial charge in [0.25, 0.3) is 5.91 Å². The number of aromatic nitrogens is 1. The van der Waals surface area contributed by atoms with Gasteiger partial charge in [0.2, 0.25) is 0 Å². The van der Waals surface area contributed by atoms with Gasteiger partial charge in [-0.25, -0.2) is 0 Å². The standard InChI is InChI=1S/C14H21BrN2OS/c1-3-19-7-6-10(2)16-14(18)13-8-11(15)9-17(13)12-4-5-12/h8-10,12H,3-7H2,1-2H3,(H,16,18). The lowest BCUT2D eigenvalue weighted by Crippen LogP contribution is -2.34. The number of carbonyl (C=O) groups is 1. The summed E-state index contributed by atoms with van der Waals surface area (Å²) in [5, 5.41) is 3.10. The van der Waals surface area contributed by atoms with E-state index in [-0.39, 0.29) is 11.9 Å². The van der Waals surface area contributed by atoms with Gasteiger partial charge in [0.05, 0.1) is 0 Å². The van der Waals surface area contributed by atoms with Crippen molar-refractivity contribution in [1.82, 2.24) is 9.88 Å². The second-order valence-electron chi connectivity index (χ2n) is 5.04. The van der Waals surface area contributed by atoms with E-state index >= 15 is 0 Å². The lowest BCUT2D eigenvalue weighted by molar-refractivity contribution is 0.0930. The van der Waals surface area contributed by atoms with E-state index < -0.39 is 0 Å². The summed E-state index contributed by atoms with van der Waals surface area (Å²) in [6.45, 7) is 4.24. The second-order valence-corrected chi connectivity index (χ2v) is 7.35. The summed E-state index contributed by atoms with van der Waals surface area (Å²) >= 11 is 5.38. The molecule has 1 amide bonds. The number of nitrogens with zero attached hydrogens (tertiary/aromatic N) is 1. The normalized spacial score (nSPS) is 16.4. The quantitative estimate of drug-likeness (QED) is 0.762. The average molecular weight is 345 g/mol. The van der Waals surface area contributed by atoms with E-state index in [1.807, 2.05) is 24.0 Å². The molecule has 0 radical (unpaired) electrons. The highest BCUT2D eigenvalue weighted by Gasteiger charge is 2.28. The zero-order valence-electron chi connectivity index (χ0n) is 11.5. The molecule has 1 N–H and O–H groups in total. The molecule has 19 heavy (non-hydrogen) atoms. The van der Waals surface area contributed by atoms with Crippen LogP contribution < -0.4 is 5.32 Å². The van der Waals surface area contributed by atoms with E-state index in [2.05, 4.69) is 39.7 Å². The maximum Gasteiger partial charge on any atom is 0.268 e. The van der Waals surface area contributed by atoms with Crippen LogP contribution in [0.3, 0.4) is 0 Å². The molecule has 3 nitrogen and oxygen atoms in total. The fraction of sp³-hybridized carbons (Fsp3) is 0.643. The smallest absolute Gasteiger partial charge is 0.268 e. The van der Waals surface area contributed by atoms with E-state index in [1.165, 1.54) is 12.8 Å². The van der Waals surface area contributed by atoms with Crippen LogP contribution in [0.5, 0.6) is 0 Å². The molecule has 5 heteroatoms. The van der Waals surface area contributed by atoms with Gasteiger partial charge in [-0.05, 0) is 59.7 Å². The second kappa shape index (κ2) is 6.84. The molecule has 1 aliphatic rings. The lowest BCUT2D eigenvalue weighted by Gasteiger charge is -2.14. The molecule has 0 spiro atoms. The molecule has 1 atom stereocenters. The number of amides is 1. The van der Waals surface area contributed by atoms with Crippen molar-refractivity contribution in [3.63, 3.8) is 0 Å². The molecule has 106 valence electrons. The van der Waals surface area contributed by atoms with Crippen LogP contribution in [0.1, 0.15) is 49.6 Å². The van der Waals surface area contributed by atoms with Crippen LogP contribution in [0.25, 0.3) is 0 Å². The van der Waals surface area contributed by atoms with Crippen LogP contribution in [-0.2, 0) is 0 Å². The van der Waals surface area contributed by atoms with E-state index in [0.717, 1.165) is 28.1 Å². The minimum absolute atomic E-state index is 0.0478. The van der Waals surface area contributed by atoms with Crippen LogP contribution in [-0.4, -0.2) is 28.0 Å². The van der Waals surface area contributed by atoms with Crippen LogP contribution in [0.2, 0.25) is 0 Å². The van der Waals surface area contributed by atoms with Crippen molar-refractivity contribution in [2.75, 3.05) is 11.5 Å². The number of carbonyl (C=O) groups excluding carboxylic acids is 1. The summed E-state index contributed by atoms with van der Waals surface area (Å²) in [7, 11) is 0. The predicted molar refractivity (Wildman–Crippen MR) is 84.9 cm³/mol. The van der Waals surface area contributed by atoms with E-state index in [9.17, 15) is 4.79 Å². The molecule has 1 unspecified atom stereocenters. The van der Waals surface area contributed by atoms with E-state index in [1.54, 1.807) is 0 Å². The van der Waals surface area contributed by atoms with Crippen LogP contribution in [0, 0.1) is 0 Å². The van der Waals surface area contributed by atoms with Crippen molar-refractivity contribution in [3.8, 4) is 0 Å². The maximum absolute atomic E-state index is 12.3. The number of halogens is 1. The summed E-state index contributed by atoms with van der Waals surface area (Å²) in [4.78, 5) is 12.3. The van der Waals surface area contributed by atoms with Gasteiger partial charge in [0.1, 0.15) is 5.69 Å². The molecule has 2 rings (SSSR count). The van der Waals surface area contributed by atoms with Crippen molar-refractivity contribution in [2.24, 2.45) is 0 Å². The van der Waals surface area contributed by atoms with E-state index in [0.29, 0.717) is 6.04 Å². The van der Waals surface area contributed by atoms with Gasteiger partial charge in [-0.2, -0.15) is 11.8 Å². The Morgan fingerprint density at radius 3 is 3.00 bits per heavy atom. The third kappa shape index (κ3) is 4.28. The molecule has 1 heterocycles. The zero-order valence-corrected chi connectivity index (χ0v) is 13.9. The molecule has 1 aliphatic carbocycles. The Morgan fingerprint density at radius 2 is 2.37 bits per heavy atom. The highest BCUT2D eigenvalue weighted by atomic mass is 79.9. The van der Waals surface area contributed by atoms with Crippen molar-refractivity contribution in [3.05, 3.63) is 22.4 Å². The van der Waals surface area contributed by atoms with Gasteiger partial charge in [0, 0.05) is 22.8 Å². The van der Waals surface area contributed by atoms with Gasteiger partial charge in [-0.1, -0.05) is 6.92 Å². The molecule has 0 aromatic carbocycles. The Morgan fingerprint density at radius 1 is 1.63 bits per heavy atom. The zero-order chi connectivity index (χ0) is 13.8. The number of hydrogen-bond donors (Lipinski definition) is 1. The SMILES string of the molecule is CCSCCC(C)NC(=O)c1cc(Br)cn1C1CC1. The topological polar surface area (TPSA) is 34.0 Å². The van der Waals surface area contributed by atoms with Gasteiger partial charge in [-0.3, -0.25) is 4.79 Å². The fourth-order valence-corrected chi connectivity index (χ4v) is 3.30. The predicted octanol–water partition coefficient (Wildman–Crippen LogP) is 3.85. The van der Waals surface area contributed by atoms with Crippen molar-refractivity contribution in [2.45, 2.75) is 45.2 Å². The number of rotatable bonds is 7. The van der Waals surface area contributed by atoms with Gasteiger partial charge in [-0.15, -0.1) is 0 Å². The maximum atomic E-state index is 12.3. The van der Waals surface area contributed by atoms with Crippen LogP contribution in [0.4, 0.5) is 0 Å². The highest BCUT2D eigenvalue weighted by molar-refractivity contribution is 9.10. The summed E-state index contributed by atoms with van der Waals surface area (Å²) in [6, 6.07) is 2.67. The Bertz CT molecular complexity index is 443. The first-order valence-electron chi connectivity index (χ1n) is 6.87. The monoisotopic (exact) mass is 344 g/mol. The molecule has 0 saturated heterocycles. The largest absolute Gasteiger partial charge is 0.348 e. The number of nitrogens with one attached hydrogen (secondary N) is 1. The molecule has 0 aliphatic heterocycles. The minimum Gasteiger partial charge on any atom is -0.348 e. The number of thioether (sulfide) groups is 1. The molecule has 0 bridgehead atoms. The molecular weight excluding hydrogens is 324 g/mol. The Labute approximate surface area is 127 Å². The highest BCUT2D eigenvalue weighted by Crippen LogP contribution is 2.37. The first-order valence-corrected chi connectivity index (χ1v) is 8.82. The van der Waals surface area contributed by atoms with E-state index in [4.69, 9.17) is 0 Å². The average Bonchev–Trinajstić information content (AvgIpc) is 3.12. The lowest BCUT2D eigenvalue weighted by atomic mass is 10.2. The Balaban J connectivity index is 1.92. The summed E-state index contributed by atoms with van der Waals surface area (Å²) in [5.74, 6) is 2.29. The van der Waals surface area contributed by atoms with Crippen LogP contribution >= 0.6 is 27.7 Å². The van der Waals surface area contributed by atoms with Crippen molar-refractivity contribution < 1.29 is 4.79 Å². The first kappa shape index (κ1) is 15.0. The molecule has 1 saturated carbocycles. The van der Waals surface area contributed by atoms with Crippen molar-refractivity contribution >= 4 is 33.6 Å². The van der Waals surface area contributed by atoms with Gasteiger partial charge < -0.3 is 9.88 Å². The molecule has 1 aromatic heterocycles. The summed E-state index contributed by atoms with van der Waals surface area (Å²) < 4.78 is 3.09. The molecule has 1 fully saturated rings. The third-order valence-electron chi connectivity index (χ3n) is 3.26. The molecule has 1 aromatic rings. The minimum atomic E-state index is 0.0478. The third-order valence-corrected chi connectivity index (χ3v) is 4.63. The molecular formula is C14H21BrN2OS. The first-order chi connectivity index (χ1) is 9.11. The Hall–Kier alpha value is -0.420. The summed E-state index contributed by atoms with van der Waals surface area (Å²) in [5.41, 5.74) is 0.782. The Kier molecular flexibility index (Phi) is 5.39. The summed E-state index contributed by atoms with van der Waals surface area (Å²) in [6.07, 6.45) is 5.41.